The molecule has 0 bridgehead atoms. The molecule has 0 N–H and O–H groups in total. The van der Waals surface area contributed by atoms with Crippen molar-refractivity contribution in [2.45, 2.75) is 38.3 Å². The maximum Gasteiger partial charge on any atom is 0.416 e. The van der Waals surface area contributed by atoms with Crippen molar-refractivity contribution in [2.75, 3.05) is 5.75 Å². The van der Waals surface area contributed by atoms with Crippen LogP contribution in [-0.4, -0.2) is 21.8 Å². The van der Waals surface area contributed by atoms with Gasteiger partial charge in [-0.1, -0.05) is 44.7 Å². The molecule has 0 aliphatic heterocycles. The first-order valence-electron chi connectivity index (χ1n) is 8.02. The van der Waals surface area contributed by atoms with Crippen LogP contribution in [0.2, 0.25) is 0 Å². The highest BCUT2D eigenvalue weighted by atomic mass is 32.2. The fourth-order valence-corrected chi connectivity index (χ4v) is 3.24. The van der Waals surface area contributed by atoms with E-state index in [2.05, 4.69) is 24.2 Å². The van der Waals surface area contributed by atoms with Crippen LogP contribution in [0.1, 0.15) is 32.8 Å². The summed E-state index contributed by atoms with van der Waals surface area (Å²) >= 11 is 4.18. The molecule has 0 aliphatic carbocycles. The summed E-state index contributed by atoms with van der Waals surface area (Å²) in [5, 5.41) is 0. The number of aliphatic imine (C=N–C) groups is 1. The summed E-state index contributed by atoms with van der Waals surface area (Å²) < 4.78 is 51.4. The van der Waals surface area contributed by atoms with Crippen LogP contribution in [-0.2, 0) is 10.8 Å². The molecule has 1 rings (SSSR count). The number of nitrogens with zero attached hydrogens (tertiary/aromatic N) is 1. The second kappa shape index (κ2) is 9.92. The summed E-state index contributed by atoms with van der Waals surface area (Å²) in [6.07, 6.45) is -2.39. The van der Waals surface area contributed by atoms with Crippen LogP contribution in [0, 0.1) is 0 Å². The van der Waals surface area contributed by atoms with Crippen molar-refractivity contribution < 1.29 is 17.4 Å². The normalized spacial score (nSPS) is 15.5. The maximum atomic E-state index is 13.0. The van der Waals surface area contributed by atoms with Crippen LogP contribution in [0.4, 0.5) is 13.2 Å². The summed E-state index contributed by atoms with van der Waals surface area (Å²) in [5.74, 6) is 0.441. The summed E-state index contributed by atoms with van der Waals surface area (Å²) in [6.45, 7) is 8.44. The average Bonchev–Trinajstić information content (AvgIpc) is 2.60. The van der Waals surface area contributed by atoms with Gasteiger partial charge in [0.1, 0.15) is 0 Å². The monoisotopic (exact) mass is 401 g/mol. The van der Waals surface area contributed by atoms with E-state index in [1.807, 2.05) is 6.92 Å². The molecule has 7 heteroatoms. The number of allylic oxidation sites excluding steroid dienone is 4. The van der Waals surface area contributed by atoms with Gasteiger partial charge in [-0.25, -0.2) is 0 Å². The first-order chi connectivity index (χ1) is 12.1. The zero-order valence-corrected chi connectivity index (χ0v) is 16.6. The van der Waals surface area contributed by atoms with E-state index in [9.17, 15) is 17.4 Å². The molecule has 0 amide bonds. The minimum Gasteiger partial charge on any atom is -0.254 e. The third kappa shape index (κ3) is 5.99. The lowest BCUT2D eigenvalue weighted by molar-refractivity contribution is -0.0882. The predicted octanol–water partition coefficient (Wildman–Crippen LogP) is 5.85. The highest BCUT2D eigenvalue weighted by Gasteiger charge is 2.31. The van der Waals surface area contributed by atoms with Crippen LogP contribution in [0.5, 0.6) is 0 Å². The Morgan fingerprint density at radius 1 is 1.31 bits per heavy atom. The molecular weight excluding hydrogens is 379 g/mol. The van der Waals surface area contributed by atoms with E-state index < -0.39 is 22.5 Å². The zero-order valence-electron chi connectivity index (χ0n) is 14.9. The molecule has 0 fully saturated rings. The molecule has 1 unspecified atom stereocenters. The fourth-order valence-electron chi connectivity index (χ4n) is 2.16. The van der Waals surface area contributed by atoms with Crippen molar-refractivity contribution in [3.63, 3.8) is 0 Å². The van der Waals surface area contributed by atoms with Crippen molar-refractivity contribution in [3.05, 3.63) is 64.7 Å². The molecule has 0 aromatic heterocycles. The molecule has 142 valence electrons. The minimum atomic E-state index is -4.53. The molecule has 1 atom stereocenters. The quantitative estimate of drug-likeness (QED) is 0.347. The Labute approximate surface area is 160 Å². The number of rotatable bonds is 7. The number of benzene rings is 1. The summed E-state index contributed by atoms with van der Waals surface area (Å²) in [4.78, 5) is 5.37. The predicted molar refractivity (Wildman–Crippen MR) is 106 cm³/mol. The minimum absolute atomic E-state index is 0.0921. The lowest BCUT2D eigenvalue weighted by atomic mass is 10.1. The lowest BCUT2D eigenvalue weighted by Gasteiger charge is -2.12. The Bertz CT molecular complexity index is 773. The Morgan fingerprint density at radius 2 is 1.92 bits per heavy atom. The molecule has 0 heterocycles. The SMILES string of the molecule is C=C/C(=C\C(N=C(CC)c1ccccc1S(=O)CC)=C(/C)S)C(F)(F)F. The van der Waals surface area contributed by atoms with E-state index >= 15 is 0 Å². The zero-order chi connectivity index (χ0) is 19.9. The van der Waals surface area contributed by atoms with Gasteiger partial charge >= 0.3 is 6.18 Å². The van der Waals surface area contributed by atoms with Gasteiger partial charge in [0.05, 0.1) is 22.1 Å². The van der Waals surface area contributed by atoms with Crippen molar-refractivity contribution in [1.82, 2.24) is 0 Å². The van der Waals surface area contributed by atoms with Gasteiger partial charge in [0, 0.05) is 26.8 Å². The molecule has 1 aromatic carbocycles. The number of hydrogen-bond donors (Lipinski definition) is 1. The van der Waals surface area contributed by atoms with E-state index in [4.69, 9.17) is 0 Å². The van der Waals surface area contributed by atoms with Crippen molar-refractivity contribution in [1.29, 1.82) is 0 Å². The Morgan fingerprint density at radius 3 is 2.38 bits per heavy atom. The smallest absolute Gasteiger partial charge is 0.254 e. The molecule has 1 aromatic rings. The standard InChI is InChI=1S/C19H22F3NOS2/c1-5-14(19(20,21)22)12-17(13(4)25)23-16(6-2)15-10-8-9-11-18(15)26(24)7-3/h5,8-12,25H,1,6-7H2,2-4H3/b14-12+,17-13-,23-16?. The van der Waals surface area contributed by atoms with Crippen molar-refractivity contribution >= 4 is 29.1 Å². The maximum absolute atomic E-state index is 13.0. The van der Waals surface area contributed by atoms with E-state index in [1.165, 1.54) is 0 Å². The highest BCUT2D eigenvalue weighted by molar-refractivity contribution is 7.85. The lowest BCUT2D eigenvalue weighted by Crippen LogP contribution is -2.11. The van der Waals surface area contributed by atoms with Gasteiger partial charge in [-0.15, -0.1) is 12.6 Å². The van der Waals surface area contributed by atoms with E-state index in [0.29, 0.717) is 33.2 Å². The molecule has 26 heavy (non-hydrogen) atoms. The third-order valence-corrected chi connectivity index (χ3v) is 5.11. The summed E-state index contributed by atoms with van der Waals surface area (Å²) in [6, 6.07) is 7.09. The van der Waals surface area contributed by atoms with Gasteiger partial charge in [-0.2, -0.15) is 13.2 Å². The Kier molecular flexibility index (Phi) is 8.56. The van der Waals surface area contributed by atoms with Crippen molar-refractivity contribution in [2.24, 2.45) is 4.99 Å². The second-order valence-corrected chi connectivity index (χ2v) is 7.69. The molecule has 2 nitrogen and oxygen atoms in total. The molecule has 0 saturated heterocycles. The first kappa shape index (κ1) is 22.4. The molecule has 0 saturated carbocycles. The fraction of sp³-hybridized carbons (Fsp3) is 0.316. The number of alkyl halides is 3. The van der Waals surface area contributed by atoms with E-state index in [-0.39, 0.29) is 5.70 Å². The van der Waals surface area contributed by atoms with Gasteiger partial charge in [0.2, 0.25) is 0 Å². The van der Waals surface area contributed by atoms with Crippen LogP contribution in [0.15, 0.2) is 69.1 Å². The van der Waals surface area contributed by atoms with Gasteiger partial charge < -0.3 is 0 Å². The summed E-state index contributed by atoms with van der Waals surface area (Å²) in [7, 11) is -1.20. The van der Waals surface area contributed by atoms with E-state index in [1.54, 1.807) is 38.1 Å². The number of hydrogen-bond acceptors (Lipinski definition) is 3. The highest BCUT2D eigenvalue weighted by Crippen LogP contribution is 2.29. The van der Waals surface area contributed by atoms with E-state index in [0.717, 1.165) is 12.2 Å². The number of halogens is 3. The van der Waals surface area contributed by atoms with Crippen LogP contribution in [0.3, 0.4) is 0 Å². The van der Waals surface area contributed by atoms with Gasteiger partial charge in [0.25, 0.3) is 0 Å². The topological polar surface area (TPSA) is 29.4 Å². The van der Waals surface area contributed by atoms with Crippen LogP contribution in [0.25, 0.3) is 0 Å². The van der Waals surface area contributed by atoms with Crippen LogP contribution < -0.4 is 0 Å². The Balaban J connectivity index is 3.55. The molecular formula is C19H22F3NOS2. The van der Waals surface area contributed by atoms with Gasteiger partial charge in [-0.3, -0.25) is 9.20 Å². The first-order valence-corrected chi connectivity index (χ1v) is 9.78. The van der Waals surface area contributed by atoms with Crippen molar-refractivity contribution in [3.8, 4) is 0 Å². The Hall–Kier alpha value is -1.60. The largest absolute Gasteiger partial charge is 0.416 e. The third-order valence-electron chi connectivity index (χ3n) is 3.51. The van der Waals surface area contributed by atoms with Gasteiger partial charge in [-0.05, 0) is 25.5 Å². The van der Waals surface area contributed by atoms with Crippen LogP contribution >= 0.6 is 12.6 Å². The number of thiol groups is 1. The molecule has 0 spiro atoms. The second-order valence-electron chi connectivity index (χ2n) is 5.31. The van der Waals surface area contributed by atoms with Gasteiger partial charge in [0.15, 0.2) is 0 Å². The summed E-state index contributed by atoms with van der Waals surface area (Å²) in [5.41, 5.74) is 0.412. The molecule has 0 aliphatic rings. The molecule has 0 radical (unpaired) electrons. The average molecular weight is 402 g/mol.